The van der Waals surface area contributed by atoms with Gasteiger partial charge in [0.25, 0.3) is 0 Å². The van der Waals surface area contributed by atoms with Gasteiger partial charge in [0.15, 0.2) is 6.04 Å². The van der Waals surface area contributed by atoms with E-state index in [1.54, 1.807) is 0 Å². The van der Waals surface area contributed by atoms with Crippen molar-refractivity contribution in [3.63, 3.8) is 0 Å². The van der Waals surface area contributed by atoms with E-state index >= 15 is 0 Å². The number of rotatable bonds is 5. The summed E-state index contributed by atoms with van der Waals surface area (Å²) >= 11 is 0. The maximum absolute atomic E-state index is 11.6. The highest BCUT2D eigenvalue weighted by Crippen LogP contribution is 2.27. The molecule has 0 radical (unpaired) electrons. The maximum Gasteiger partial charge on any atom is 0.330 e. The van der Waals surface area contributed by atoms with E-state index in [1.807, 2.05) is 0 Å². The zero-order valence-corrected chi connectivity index (χ0v) is 9.57. The lowest BCUT2D eigenvalue weighted by Gasteiger charge is -2.15. The van der Waals surface area contributed by atoms with Crippen LogP contribution in [0.15, 0.2) is 0 Å². The average molecular weight is 229 g/mol. The number of aliphatic hydroxyl groups excluding tert-OH is 1. The fourth-order valence-electron chi connectivity index (χ4n) is 2.05. The summed E-state index contributed by atoms with van der Waals surface area (Å²) in [5, 5.41) is 11.4. The zero-order valence-electron chi connectivity index (χ0n) is 9.57. The number of carbonyl (C=O) groups excluding carboxylic acids is 2. The van der Waals surface area contributed by atoms with E-state index in [2.05, 4.69) is 10.1 Å². The molecule has 1 aliphatic carbocycles. The van der Waals surface area contributed by atoms with Gasteiger partial charge in [0.1, 0.15) is 0 Å². The number of nitrogens with one attached hydrogen (secondary N) is 1. The third-order valence-electron chi connectivity index (χ3n) is 2.95. The molecule has 1 saturated carbocycles. The predicted octanol–water partition coefficient (Wildman–Crippen LogP) is 0.217. The Kier molecular flexibility index (Phi) is 5.25. The van der Waals surface area contributed by atoms with Crippen molar-refractivity contribution in [3.8, 4) is 0 Å². The van der Waals surface area contributed by atoms with Crippen LogP contribution in [0, 0.1) is 5.92 Å². The molecule has 0 saturated heterocycles. The van der Waals surface area contributed by atoms with Crippen molar-refractivity contribution in [2.45, 2.75) is 38.1 Å². The second-order valence-electron chi connectivity index (χ2n) is 4.18. The van der Waals surface area contributed by atoms with Gasteiger partial charge in [0.05, 0.1) is 13.7 Å². The molecule has 1 unspecified atom stereocenters. The van der Waals surface area contributed by atoms with Crippen molar-refractivity contribution in [1.82, 2.24) is 5.32 Å². The van der Waals surface area contributed by atoms with Gasteiger partial charge in [-0.15, -0.1) is 0 Å². The Bertz CT molecular complexity index is 248. The summed E-state index contributed by atoms with van der Waals surface area (Å²) in [6, 6.07) is -0.932. The molecule has 1 aliphatic rings. The second kappa shape index (κ2) is 6.48. The molecule has 0 aliphatic heterocycles. The first kappa shape index (κ1) is 13.0. The lowest BCUT2D eigenvalue weighted by atomic mass is 10.0. The molecule has 2 N–H and O–H groups in total. The van der Waals surface area contributed by atoms with Gasteiger partial charge in [-0.1, -0.05) is 12.8 Å². The molecule has 1 atom stereocenters. The quantitative estimate of drug-likeness (QED) is 0.661. The SMILES string of the molecule is COC(=O)C(CO)NC(=O)CC1CCCC1. The van der Waals surface area contributed by atoms with Crippen molar-refractivity contribution < 1.29 is 19.4 Å². The molecule has 5 heteroatoms. The number of aliphatic hydroxyl groups is 1. The average Bonchev–Trinajstić information content (AvgIpc) is 2.77. The molecule has 1 fully saturated rings. The number of ether oxygens (including phenoxy) is 1. The summed E-state index contributed by atoms with van der Waals surface area (Å²) in [4.78, 5) is 22.7. The Morgan fingerprint density at radius 1 is 1.44 bits per heavy atom. The highest BCUT2D eigenvalue weighted by Gasteiger charge is 2.23. The third-order valence-corrected chi connectivity index (χ3v) is 2.95. The second-order valence-corrected chi connectivity index (χ2v) is 4.18. The van der Waals surface area contributed by atoms with Gasteiger partial charge in [-0.05, 0) is 18.8 Å². The van der Waals surface area contributed by atoms with Crippen molar-refractivity contribution in [1.29, 1.82) is 0 Å². The van der Waals surface area contributed by atoms with Crippen molar-refractivity contribution in [3.05, 3.63) is 0 Å². The first-order valence-corrected chi connectivity index (χ1v) is 5.65. The van der Waals surface area contributed by atoms with Crippen LogP contribution in [0.1, 0.15) is 32.1 Å². The van der Waals surface area contributed by atoms with E-state index in [-0.39, 0.29) is 5.91 Å². The summed E-state index contributed by atoms with van der Waals surface area (Å²) in [6.45, 7) is -0.428. The molecule has 92 valence electrons. The number of hydrogen-bond donors (Lipinski definition) is 2. The number of methoxy groups -OCH3 is 1. The van der Waals surface area contributed by atoms with Gasteiger partial charge in [-0.2, -0.15) is 0 Å². The van der Waals surface area contributed by atoms with Gasteiger partial charge < -0.3 is 15.2 Å². The maximum atomic E-state index is 11.6. The minimum Gasteiger partial charge on any atom is -0.467 e. The zero-order chi connectivity index (χ0) is 12.0. The van der Waals surface area contributed by atoms with Crippen LogP contribution in [0.25, 0.3) is 0 Å². The normalized spacial score (nSPS) is 18.1. The van der Waals surface area contributed by atoms with E-state index in [0.29, 0.717) is 12.3 Å². The van der Waals surface area contributed by atoms with Crippen molar-refractivity contribution in [2.75, 3.05) is 13.7 Å². The Morgan fingerprint density at radius 2 is 2.06 bits per heavy atom. The molecular formula is C11H19NO4. The Labute approximate surface area is 95.2 Å². The van der Waals surface area contributed by atoms with E-state index in [1.165, 1.54) is 20.0 Å². The highest BCUT2D eigenvalue weighted by atomic mass is 16.5. The van der Waals surface area contributed by atoms with Gasteiger partial charge >= 0.3 is 5.97 Å². The molecule has 0 spiro atoms. The fraction of sp³-hybridized carbons (Fsp3) is 0.818. The van der Waals surface area contributed by atoms with Gasteiger partial charge in [0, 0.05) is 6.42 Å². The Hall–Kier alpha value is -1.10. The molecule has 16 heavy (non-hydrogen) atoms. The number of amides is 1. The highest BCUT2D eigenvalue weighted by molar-refractivity contribution is 5.84. The van der Waals surface area contributed by atoms with Crippen LogP contribution >= 0.6 is 0 Å². The summed E-state index contributed by atoms with van der Waals surface area (Å²) < 4.78 is 4.46. The first-order valence-electron chi connectivity index (χ1n) is 5.65. The Morgan fingerprint density at radius 3 is 2.56 bits per heavy atom. The molecule has 1 rings (SSSR count). The van der Waals surface area contributed by atoms with Crippen LogP contribution in [0.2, 0.25) is 0 Å². The predicted molar refractivity (Wildman–Crippen MR) is 57.6 cm³/mol. The number of esters is 1. The van der Waals surface area contributed by atoms with Gasteiger partial charge in [-0.3, -0.25) is 4.79 Å². The molecule has 5 nitrogen and oxygen atoms in total. The van der Waals surface area contributed by atoms with Crippen LogP contribution in [-0.4, -0.2) is 36.7 Å². The number of carbonyl (C=O) groups is 2. The van der Waals surface area contributed by atoms with E-state index in [4.69, 9.17) is 5.11 Å². The van der Waals surface area contributed by atoms with Crippen molar-refractivity contribution >= 4 is 11.9 Å². The standard InChI is InChI=1S/C11H19NO4/c1-16-11(15)9(7-13)12-10(14)6-8-4-2-3-5-8/h8-9,13H,2-7H2,1H3,(H,12,14). The van der Waals surface area contributed by atoms with Crippen LogP contribution in [0.5, 0.6) is 0 Å². The van der Waals surface area contributed by atoms with E-state index < -0.39 is 18.6 Å². The molecule has 0 heterocycles. The molecule has 1 amide bonds. The third kappa shape index (κ3) is 3.81. The van der Waals surface area contributed by atoms with Crippen LogP contribution in [-0.2, 0) is 14.3 Å². The molecular weight excluding hydrogens is 210 g/mol. The molecule has 0 bridgehead atoms. The fourth-order valence-corrected chi connectivity index (χ4v) is 2.05. The summed E-state index contributed by atoms with van der Waals surface area (Å²) in [6.07, 6.45) is 4.95. The van der Waals surface area contributed by atoms with Crippen molar-refractivity contribution in [2.24, 2.45) is 5.92 Å². The van der Waals surface area contributed by atoms with Gasteiger partial charge in [-0.25, -0.2) is 4.79 Å². The lowest BCUT2D eigenvalue weighted by Crippen LogP contribution is -2.44. The molecule has 0 aromatic carbocycles. The smallest absolute Gasteiger partial charge is 0.330 e. The van der Waals surface area contributed by atoms with Crippen LogP contribution in [0.3, 0.4) is 0 Å². The minimum atomic E-state index is -0.932. The largest absolute Gasteiger partial charge is 0.467 e. The summed E-state index contributed by atoms with van der Waals surface area (Å²) in [7, 11) is 1.23. The van der Waals surface area contributed by atoms with Gasteiger partial charge in [0.2, 0.25) is 5.91 Å². The summed E-state index contributed by atoms with van der Waals surface area (Å²) in [5.74, 6) is -0.365. The minimum absolute atomic E-state index is 0.184. The first-order chi connectivity index (χ1) is 7.67. The van der Waals surface area contributed by atoms with Crippen LogP contribution < -0.4 is 5.32 Å². The summed E-state index contributed by atoms with van der Waals surface area (Å²) in [5.41, 5.74) is 0. The molecule has 0 aromatic rings. The topological polar surface area (TPSA) is 75.6 Å². The van der Waals surface area contributed by atoms with E-state index in [0.717, 1.165) is 12.8 Å². The van der Waals surface area contributed by atoms with Crippen LogP contribution in [0.4, 0.5) is 0 Å². The van der Waals surface area contributed by atoms with E-state index in [9.17, 15) is 9.59 Å². The number of hydrogen-bond acceptors (Lipinski definition) is 4. The monoisotopic (exact) mass is 229 g/mol. The molecule has 0 aromatic heterocycles. The lowest BCUT2D eigenvalue weighted by molar-refractivity contribution is -0.146. The Balaban J connectivity index is 2.33.